The number of nitrogens with two attached hydrogens (primary N) is 2. The Morgan fingerprint density at radius 1 is 1.10 bits per heavy atom. The fourth-order valence-corrected chi connectivity index (χ4v) is 0. The SMILES string of the molecule is NCCN.[Cr].[O-][Cl+3]([O-])([O-])O. The molecule has 0 saturated heterocycles. The minimum atomic E-state index is -4.69. The third kappa shape index (κ3) is 197. The number of hydrogen-bond donors (Lipinski definition) is 3. The van der Waals surface area contributed by atoms with Crippen LogP contribution in [0.2, 0.25) is 0 Å². The first-order chi connectivity index (χ1) is 3.91. The van der Waals surface area contributed by atoms with Crippen molar-refractivity contribution in [2.45, 2.75) is 0 Å². The van der Waals surface area contributed by atoms with Crippen LogP contribution in [0.5, 0.6) is 0 Å². The molecule has 8 heteroatoms. The first kappa shape index (κ1) is 16.9. The summed E-state index contributed by atoms with van der Waals surface area (Å²) in [6.07, 6.45) is 0. The van der Waals surface area contributed by atoms with Gasteiger partial charge < -0.3 is 11.5 Å². The summed E-state index contributed by atoms with van der Waals surface area (Å²) in [5.41, 5.74) is 9.81. The summed E-state index contributed by atoms with van der Waals surface area (Å²) in [4.78, 5) is 0. The van der Waals surface area contributed by atoms with Gasteiger partial charge in [-0.2, -0.15) is 14.0 Å². The summed E-state index contributed by atoms with van der Waals surface area (Å²) in [5.74, 6) is 0. The summed E-state index contributed by atoms with van der Waals surface area (Å²) in [6, 6.07) is 0. The zero-order chi connectivity index (χ0) is 7.91. The monoisotopic (exact) mass is 212 g/mol. The summed E-state index contributed by atoms with van der Waals surface area (Å²) in [5, 5.41) is 0. The second-order valence-corrected chi connectivity index (χ2v) is 1.77. The molecule has 0 aliphatic heterocycles. The molecule has 0 atom stereocenters. The van der Waals surface area contributed by atoms with Crippen LogP contribution < -0.4 is 25.4 Å². The van der Waals surface area contributed by atoms with Gasteiger partial charge in [0.1, 0.15) is 0 Å². The summed E-state index contributed by atoms with van der Waals surface area (Å²) < 4.78 is 32.7. The molecule has 0 aliphatic carbocycles. The van der Waals surface area contributed by atoms with E-state index in [2.05, 4.69) is 0 Å². The van der Waals surface area contributed by atoms with Crippen molar-refractivity contribution in [1.82, 2.24) is 0 Å². The van der Waals surface area contributed by atoms with Crippen LogP contribution in [0.3, 0.4) is 0 Å². The third-order valence-electron chi connectivity index (χ3n) is 0.167. The van der Waals surface area contributed by atoms with Crippen LogP contribution in [0.1, 0.15) is 0 Å². The van der Waals surface area contributed by atoms with Gasteiger partial charge in [-0.15, -0.1) is 0 Å². The predicted molar refractivity (Wildman–Crippen MR) is 20.3 cm³/mol. The molecule has 0 radical (unpaired) electrons. The first-order valence-corrected chi connectivity index (χ1v) is 3.21. The van der Waals surface area contributed by atoms with Crippen molar-refractivity contribution >= 4 is 0 Å². The maximum absolute atomic E-state index is 8.60. The van der Waals surface area contributed by atoms with E-state index in [1.54, 1.807) is 0 Å². The smallest absolute Gasteiger partial charge is 0.0777 e. The molecule has 64 valence electrons. The summed E-state index contributed by atoms with van der Waals surface area (Å²) in [7, 11) is -4.69. The van der Waals surface area contributed by atoms with Crippen molar-refractivity contribution in [3.8, 4) is 0 Å². The van der Waals surface area contributed by atoms with Crippen LogP contribution in [-0.4, -0.2) is 17.7 Å². The standard InChI is InChI=1S/C2H8N2.ClHO4.Cr/c3-1-2-4;2-1(3,4)5;/h1-4H2;(H,2,3,4,5);. The summed E-state index contributed by atoms with van der Waals surface area (Å²) in [6.45, 7) is 1.19. The first-order valence-electron chi connectivity index (χ1n) is 1.95. The Morgan fingerprint density at radius 2 is 1.20 bits per heavy atom. The topological polar surface area (TPSA) is 141 Å². The van der Waals surface area contributed by atoms with E-state index in [0.29, 0.717) is 13.1 Å². The Bertz CT molecular complexity index is 51.7. The molecule has 0 aromatic heterocycles. The molecule has 0 unspecified atom stereocenters. The molecular weight excluding hydrogens is 203 g/mol. The zero-order valence-corrected chi connectivity index (χ0v) is 7.06. The second kappa shape index (κ2) is 9.58. The average molecular weight is 213 g/mol. The fraction of sp³-hybridized carbons (Fsp3) is 1.00. The van der Waals surface area contributed by atoms with Crippen molar-refractivity contribution in [2.24, 2.45) is 11.5 Å². The Kier molecular flexibility index (Phi) is 16.2. The predicted octanol–water partition coefficient (Wildman–Crippen LogP) is -5.22. The minimum Gasteiger partial charge on any atom is -0.329 e. The molecule has 0 amide bonds. The second-order valence-electron chi connectivity index (χ2n) is 0.973. The molecule has 0 spiro atoms. The van der Waals surface area contributed by atoms with Crippen LogP contribution >= 0.6 is 0 Å². The van der Waals surface area contributed by atoms with Crippen molar-refractivity contribution < 1.29 is 46.2 Å². The van der Waals surface area contributed by atoms with Crippen molar-refractivity contribution in [3.05, 3.63) is 0 Å². The molecule has 0 fully saturated rings. The van der Waals surface area contributed by atoms with Crippen molar-refractivity contribution in [3.63, 3.8) is 0 Å². The van der Waals surface area contributed by atoms with Gasteiger partial charge in [-0.3, -0.25) is 0 Å². The van der Waals surface area contributed by atoms with E-state index in [0.717, 1.165) is 0 Å². The fourth-order valence-electron chi connectivity index (χ4n) is 0. The van der Waals surface area contributed by atoms with Crippen molar-refractivity contribution in [2.75, 3.05) is 13.1 Å². The van der Waals surface area contributed by atoms with Crippen molar-refractivity contribution in [1.29, 1.82) is 0 Å². The van der Waals surface area contributed by atoms with E-state index in [-0.39, 0.29) is 17.4 Å². The van der Waals surface area contributed by atoms with Gasteiger partial charge in [0.05, 0.1) is 14.9 Å². The van der Waals surface area contributed by atoms with E-state index in [1.807, 2.05) is 0 Å². The third-order valence-corrected chi connectivity index (χ3v) is 0.167. The van der Waals surface area contributed by atoms with E-state index in [4.69, 9.17) is 30.1 Å². The molecule has 0 heterocycles. The van der Waals surface area contributed by atoms with E-state index in [1.165, 1.54) is 0 Å². The van der Waals surface area contributed by atoms with E-state index >= 15 is 0 Å². The molecule has 0 aromatic rings. The van der Waals surface area contributed by atoms with Crippen LogP contribution in [0, 0.1) is 10.2 Å². The van der Waals surface area contributed by atoms with Gasteiger partial charge >= 0.3 is 0 Å². The molecule has 0 bridgehead atoms. The maximum Gasteiger partial charge on any atom is 0.0777 e. The molecule has 0 saturated carbocycles. The molecular formula is C2H9ClCrN2O4. The molecule has 0 aromatic carbocycles. The number of halogens is 1. The molecule has 0 rings (SSSR count). The molecule has 0 aliphatic rings. The van der Waals surface area contributed by atoms with Crippen LogP contribution in [-0.2, 0) is 17.4 Å². The number of rotatable bonds is 1. The molecule has 10 heavy (non-hydrogen) atoms. The van der Waals surface area contributed by atoms with E-state index < -0.39 is 10.2 Å². The van der Waals surface area contributed by atoms with Crippen LogP contribution in [0.4, 0.5) is 0 Å². The van der Waals surface area contributed by atoms with Crippen LogP contribution in [0.25, 0.3) is 0 Å². The van der Waals surface area contributed by atoms with Gasteiger partial charge in [-0.1, -0.05) is 0 Å². The van der Waals surface area contributed by atoms with Gasteiger partial charge in [0, 0.05) is 30.5 Å². The Morgan fingerprint density at radius 3 is 1.20 bits per heavy atom. The minimum absolute atomic E-state index is 0. The van der Waals surface area contributed by atoms with Gasteiger partial charge in [0.15, 0.2) is 0 Å². The Hall–Kier alpha value is 0.582. The molecule has 5 N–H and O–H groups in total. The van der Waals surface area contributed by atoms with Gasteiger partial charge in [0.25, 0.3) is 0 Å². The normalized spacial score (nSPS) is 9.00. The van der Waals surface area contributed by atoms with Gasteiger partial charge in [0.2, 0.25) is 0 Å². The van der Waals surface area contributed by atoms with Gasteiger partial charge in [-0.25, -0.2) is 0 Å². The quantitative estimate of drug-likeness (QED) is 0.397. The van der Waals surface area contributed by atoms with Gasteiger partial charge in [-0.05, 0) is 0 Å². The zero-order valence-electron chi connectivity index (χ0n) is 5.03. The largest absolute Gasteiger partial charge is 0.329 e. The number of hydrogen-bond acceptors (Lipinski definition) is 6. The van der Waals surface area contributed by atoms with Crippen LogP contribution in [0.15, 0.2) is 0 Å². The maximum atomic E-state index is 8.60. The average Bonchev–Trinajstić information content (AvgIpc) is 1.61. The molecule has 6 nitrogen and oxygen atoms in total. The Labute approximate surface area is 71.3 Å². The Balaban J connectivity index is -0.0000000910. The van der Waals surface area contributed by atoms with E-state index in [9.17, 15) is 0 Å². The summed E-state index contributed by atoms with van der Waals surface area (Å²) >= 11 is 0.